The third-order valence-electron chi connectivity index (χ3n) is 4.71. The first-order valence-electron chi connectivity index (χ1n) is 8.79. The minimum absolute atomic E-state index is 0.190. The summed E-state index contributed by atoms with van der Waals surface area (Å²) in [6.45, 7) is 0. The van der Waals surface area contributed by atoms with Crippen LogP contribution in [0, 0.1) is 0 Å². The van der Waals surface area contributed by atoms with Gasteiger partial charge in [0.2, 0.25) is 0 Å². The van der Waals surface area contributed by atoms with Gasteiger partial charge in [0.05, 0.1) is 33.0 Å². The SMILES string of the molecule is O=S(=O)(O)c1ccc(N=Nc2c3[nH]c4ccccc4nc-3c3ccccc23)cc1. The highest BCUT2D eigenvalue weighted by Crippen LogP contribution is 2.43. The van der Waals surface area contributed by atoms with E-state index < -0.39 is 10.1 Å². The van der Waals surface area contributed by atoms with Gasteiger partial charge in [0, 0.05) is 10.8 Å². The van der Waals surface area contributed by atoms with Crippen LogP contribution in [0.2, 0.25) is 0 Å². The number of hydrogen-bond donors (Lipinski definition) is 2. The molecule has 1 heterocycles. The van der Waals surface area contributed by atoms with Crippen LogP contribution in [0.4, 0.5) is 11.4 Å². The Morgan fingerprint density at radius 2 is 1.52 bits per heavy atom. The molecule has 142 valence electrons. The molecule has 29 heavy (non-hydrogen) atoms. The van der Waals surface area contributed by atoms with E-state index in [1.54, 1.807) is 0 Å². The van der Waals surface area contributed by atoms with Gasteiger partial charge in [-0.3, -0.25) is 4.55 Å². The van der Waals surface area contributed by atoms with E-state index in [2.05, 4.69) is 15.2 Å². The number of nitrogens with zero attached hydrogens (tertiary/aromatic N) is 3. The lowest BCUT2D eigenvalue weighted by Crippen LogP contribution is -1.96. The molecule has 0 saturated carbocycles. The second kappa shape index (κ2) is 6.47. The molecule has 0 saturated heterocycles. The lowest BCUT2D eigenvalue weighted by atomic mass is 10.2. The summed E-state index contributed by atoms with van der Waals surface area (Å²) in [4.78, 5) is 8.01. The van der Waals surface area contributed by atoms with E-state index in [1.807, 2.05) is 48.5 Å². The van der Waals surface area contributed by atoms with Crippen LogP contribution in [-0.2, 0) is 10.1 Å². The molecule has 1 aliphatic heterocycles. The van der Waals surface area contributed by atoms with Crippen LogP contribution in [0.5, 0.6) is 0 Å². The Morgan fingerprint density at radius 3 is 2.28 bits per heavy atom. The summed E-state index contributed by atoms with van der Waals surface area (Å²) in [6, 6.07) is 21.2. The summed E-state index contributed by atoms with van der Waals surface area (Å²) in [5.74, 6) is 0. The van der Waals surface area contributed by atoms with Gasteiger partial charge in [0.1, 0.15) is 5.69 Å². The molecule has 0 fully saturated rings. The molecule has 7 nitrogen and oxygen atoms in total. The van der Waals surface area contributed by atoms with E-state index in [4.69, 9.17) is 9.54 Å². The van der Waals surface area contributed by atoms with E-state index >= 15 is 0 Å². The molecule has 3 aromatic carbocycles. The van der Waals surface area contributed by atoms with Crippen LogP contribution >= 0.6 is 0 Å². The van der Waals surface area contributed by atoms with Gasteiger partial charge in [-0.2, -0.15) is 13.5 Å². The maximum absolute atomic E-state index is 11.2. The van der Waals surface area contributed by atoms with E-state index in [0.29, 0.717) is 11.4 Å². The van der Waals surface area contributed by atoms with Crippen LogP contribution in [-0.4, -0.2) is 22.9 Å². The van der Waals surface area contributed by atoms with Crippen molar-refractivity contribution in [2.75, 3.05) is 0 Å². The van der Waals surface area contributed by atoms with Crippen molar-refractivity contribution in [3.05, 3.63) is 72.8 Å². The highest BCUT2D eigenvalue weighted by molar-refractivity contribution is 7.85. The fraction of sp³-hybridized carbons (Fsp3) is 0. The number of nitrogens with one attached hydrogen (secondary N) is 1. The number of aromatic amines is 1. The quantitative estimate of drug-likeness (QED) is 0.307. The highest BCUT2D eigenvalue weighted by atomic mass is 32.2. The molecule has 0 unspecified atom stereocenters. The number of benzene rings is 3. The molecule has 2 N–H and O–H groups in total. The molecule has 0 atom stereocenters. The van der Waals surface area contributed by atoms with Crippen molar-refractivity contribution in [1.29, 1.82) is 0 Å². The monoisotopic (exact) mass is 402 g/mol. The summed E-state index contributed by atoms with van der Waals surface area (Å²) in [7, 11) is -4.24. The summed E-state index contributed by atoms with van der Waals surface area (Å²) < 4.78 is 31.4. The summed E-state index contributed by atoms with van der Waals surface area (Å²) in [6.07, 6.45) is 0. The first kappa shape index (κ1) is 17.5. The van der Waals surface area contributed by atoms with Gasteiger partial charge in [-0.1, -0.05) is 36.4 Å². The third kappa shape index (κ3) is 3.04. The smallest absolute Gasteiger partial charge is 0.294 e. The zero-order valence-electron chi connectivity index (χ0n) is 14.9. The lowest BCUT2D eigenvalue weighted by Gasteiger charge is -2.04. The van der Waals surface area contributed by atoms with Gasteiger partial charge in [-0.25, -0.2) is 4.98 Å². The number of azo groups is 1. The number of hydrogen-bond acceptors (Lipinski definition) is 5. The van der Waals surface area contributed by atoms with Crippen molar-refractivity contribution < 1.29 is 13.0 Å². The van der Waals surface area contributed by atoms with Crippen LogP contribution < -0.4 is 0 Å². The fourth-order valence-electron chi connectivity index (χ4n) is 3.34. The Labute approximate surface area is 165 Å². The van der Waals surface area contributed by atoms with Crippen LogP contribution in [0.1, 0.15) is 0 Å². The molecule has 0 radical (unpaired) electrons. The second-order valence-corrected chi connectivity index (χ2v) is 7.96. The van der Waals surface area contributed by atoms with Crippen LogP contribution in [0.3, 0.4) is 0 Å². The Hall–Kier alpha value is -3.62. The van der Waals surface area contributed by atoms with Crippen molar-refractivity contribution in [2.24, 2.45) is 10.2 Å². The van der Waals surface area contributed by atoms with E-state index in [1.165, 1.54) is 24.3 Å². The van der Waals surface area contributed by atoms with Crippen molar-refractivity contribution in [3.63, 3.8) is 0 Å². The van der Waals surface area contributed by atoms with Gasteiger partial charge in [0.15, 0.2) is 0 Å². The van der Waals surface area contributed by atoms with Crippen molar-refractivity contribution in [3.8, 4) is 11.4 Å². The normalized spacial score (nSPS) is 12.4. The number of para-hydroxylation sites is 2. The highest BCUT2D eigenvalue weighted by Gasteiger charge is 2.20. The van der Waals surface area contributed by atoms with Gasteiger partial charge >= 0.3 is 0 Å². The van der Waals surface area contributed by atoms with Crippen LogP contribution in [0.25, 0.3) is 33.2 Å². The van der Waals surface area contributed by atoms with E-state index in [-0.39, 0.29) is 4.90 Å². The molecule has 5 rings (SSSR count). The molecule has 0 amide bonds. The molecule has 0 bridgehead atoms. The van der Waals surface area contributed by atoms with Gasteiger partial charge < -0.3 is 4.98 Å². The average molecular weight is 402 g/mol. The van der Waals surface area contributed by atoms with Crippen LogP contribution in [0.15, 0.2) is 87.9 Å². The summed E-state index contributed by atoms with van der Waals surface area (Å²) >= 11 is 0. The molecule has 0 spiro atoms. The summed E-state index contributed by atoms with van der Waals surface area (Å²) in [5.41, 5.74) is 4.47. The molecular weight excluding hydrogens is 388 g/mol. The second-order valence-electron chi connectivity index (χ2n) is 6.54. The zero-order chi connectivity index (χ0) is 20.0. The standard InChI is InChI=1S/C21H14N4O3S/c26-29(27,28)14-11-9-13(10-12-14)24-25-20-16-6-2-1-5-15(16)19-21(20)23-18-8-4-3-7-17(18)22-19/h1-12,23H,(H,26,27,28). The molecule has 8 heteroatoms. The minimum atomic E-state index is -4.24. The predicted molar refractivity (Wildman–Crippen MR) is 111 cm³/mol. The Balaban J connectivity index is 1.67. The number of H-pyrrole nitrogens is 1. The third-order valence-corrected chi connectivity index (χ3v) is 5.57. The first-order chi connectivity index (χ1) is 14.0. The van der Waals surface area contributed by atoms with Crippen molar-refractivity contribution in [1.82, 2.24) is 9.97 Å². The lowest BCUT2D eigenvalue weighted by molar-refractivity contribution is 0.483. The van der Waals surface area contributed by atoms with Crippen molar-refractivity contribution >= 4 is 43.3 Å². The topological polar surface area (TPSA) is 108 Å². The minimum Gasteiger partial charge on any atom is -0.350 e. The number of aromatic nitrogens is 2. The first-order valence-corrected chi connectivity index (χ1v) is 10.2. The molecular formula is C21H14N4O3S. The Kier molecular flexibility index (Phi) is 3.90. The predicted octanol–water partition coefficient (Wildman–Crippen LogP) is 5.48. The van der Waals surface area contributed by atoms with E-state index in [9.17, 15) is 8.42 Å². The maximum atomic E-state index is 11.2. The molecule has 2 aliphatic rings. The molecule has 3 aromatic rings. The van der Waals surface area contributed by atoms with Gasteiger partial charge in [-0.15, -0.1) is 5.11 Å². The van der Waals surface area contributed by atoms with Crippen molar-refractivity contribution in [2.45, 2.75) is 4.90 Å². The molecule has 0 aromatic heterocycles. The van der Waals surface area contributed by atoms with Gasteiger partial charge in [-0.05, 0) is 36.4 Å². The largest absolute Gasteiger partial charge is 0.350 e. The summed E-state index contributed by atoms with van der Waals surface area (Å²) in [5, 5.41) is 10.6. The molecule has 1 aliphatic carbocycles. The number of fused-ring (bicyclic) bond motifs is 4. The Bertz CT molecular complexity index is 1470. The average Bonchev–Trinajstić information content (AvgIpc) is 3.03. The Morgan fingerprint density at radius 1 is 0.828 bits per heavy atom. The van der Waals surface area contributed by atoms with E-state index in [0.717, 1.165) is 33.2 Å². The number of rotatable bonds is 3. The fourth-order valence-corrected chi connectivity index (χ4v) is 3.82. The van der Waals surface area contributed by atoms with Gasteiger partial charge in [0.25, 0.3) is 10.1 Å². The zero-order valence-corrected chi connectivity index (χ0v) is 15.8. The maximum Gasteiger partial charge on any atom is 0.294 e.